The fourth-order valence-electron chi connectivity index (χ4n) is 2.82. The topological polar surface area (TPSA) is 72.8 Å². The minimum Gasteiger partial charge on any atom is -0.394 e. The van der Waals surface area contributed by atoms with Crippen molar-refractivity contribution < 1.29 is 19.4 Å². The summed E-state index contributed by atoms with van der Waals surface area (Å²) in [6.45, 7) is 0.656. The Morgan fingerprint density at radius 1 is 1.47 bits per heavy atom. The molecule has 1 saturated heterocycles. The van der Waals surface area contributed by atoms with E-state index in [1.165, 1.54) is 12.1 Å². The lowest BCUT2D eigenvalue weighted by molar-refractivity contribution is -0.123. The van der Waals surface area contributed by atoms with Gasteiger partial charge in [0.05, 0.1) is 18.3 Å². The van der Waals surface area contributed by atoms with Crippen molar-refractivity contribution in [1.29, 1.82) is 0 Å². The molecular formula is C13H15FN2O3. The van der Waals surface area contributed by atoms with Crippen LogP contribution in [-0.2, 0) is 4.79 Å². The predicted molar refractivity (Wildman–Crippen MR) is 67.4 cm³/mol. The number of aliphatic hydroxyl groups excluding tert-OH is 2. The van der Waals surface area contributed by atoms with E-state index in [0.717, 1.165) is 12.8 Å². The number of anilines is 2. The summed E-state index contributed by atoms with van der Waals surface area (Å²) in [6, 6.07) is 2.64. The summed E-state index contributed by atoms with van der Waals surface area (Å²) in [5, 5.41) is 21.4. The van der Waals surface area contributed by atoms with Gasteiger partial charge in [0.25, 0.3) is 5.91 Å². The van der Waals surface area contributed by atoms with Crippen LogP contribution in [0.25, 0.3) is 0 Å². The molecule has 0 bridgehead atoms. The Kier molecular flexibility index (Phi) is 2.91. The van der Waals surface area contributed by atoms with Crippen molar-refractivity contribution in [1.82, 2.24) is 0 Å². The second-order valence-corrected chi connectivity index (χ2v) is 4.95. The maximum absolute atomic E-state index is 14.1. The summed E-state index contributed by atoms with van der Waals surface area (Å²) < 4.78 is 14.1. The number of benzene rings is 1. The molecule has 1 amide bonds. The Bertz CT molecular complexity index is 535. The van der Waals surface area contributed by atoms with Crippen LogP contribution in [0.5, 0.6) is 0 Å². The molecule has 2 aliphatic heterocycles. The van der Waals surface area contributed by atoms with Crippen molar-refractivity contribution >= 4 is 17.3 Å². The van der Waals surface area contributed by atoms with Crippen molar-refractivity contribution in [2.24, 2.45) is 0 Å². The van der Waals surface area contributed by atoms with Crippen molar-refractivity contribution in [3.8, 4) is 0 Å². The third-order valence-electron chi connectivity index (χ3n) is 3.82. The lowest BCUT2D eigenvalue weighted by atomic mass is 10.1. The number of amides is 1. The largest absolute Gasteiger partial charge is 0.394 e. The highest BCUT2D eigenvalue weighted by Crippen LogP contribution is 2.37. The van der Waals surface area contributed by atoms with Gasteiger partial charge in [-0.2, -0.15) is 0 Å². The van der Waals surface area contributed by atoms with Crippen molar-refractivity contribution in [2.75, 3.05) is 23.4 Å². The summed E-state index contributed by atoms with van der Waals surface area (Å²) in [5.41, 5.74) is 1.08. The fourth-order valence-corrected chi connectivity index (χ4v) is 2.82. The van der Waals surface area contributed by atoms with E-state index >= 15 is 0 Å². The summed E-state index contributed by atoms with van der Waals surface area (Å²) >= 11 is 0. The Hall–Kier alpha value is -1.66. The zero-order chi connectivity index (χ0) is 13.6. The molecule has 3 rings (SSSR count). The minimum absolute atomic E-state index is 0.0223. The van der Waals surface area contributed by atoms with E-state index in [1.807, 2.05) is 4.90 Å². The maximum atomic E-state index is 14.1. The number of rotatable bonds is 2. The van der Waals surface area contributed by atoms with Crippen LogP contribution in [0.4, 0.5) is 15.8 Å². The molecule has 1 aromatic rings. The second-order valence-electron chi connectivity index (χ2n) is 4.95. The quantitative estimate of drug-likeness (QED) is 0.739. The molecule has 0 aliphatic carbocycles. The molecule has 1 fully saturated rings. The van der Waals surface area contributed by atoms with Gasteiger partial charge in [0, 0.05) is 17.8 Å². The molecule has 3 N–H and O–H groups in total. The van der Waals surface area contributed by atoms with E-state index in [2.05, 4.69) is 5.32 Å². The third-order valence-corrected chi connectivity index (χ3v) is 3.82. The van der Waals surface area contributed by atoms with E-state index in [-0.39, 0.29) is 18.2 Å². The lowest BCUT2D eigenvalue weighted by Crippen LogP contribution is -2.32. The van der Waals surface area contributed by atoms with E-state index in [4.69, 9.17) is 0 Å². The van der Waals surface area contributed by atoms with Crippen molar-refractivity contribution in [3.05, 3.63) is 23.5 Å². The molecule has 2 unspecified atom stereocenters. The smallest absolute Gasteiger partial charge is 0.257 e. The van der Waals surface area contributed by atoms with Crippen LogP contribution < -0.4 is 10.2 Å². The normalized spacial score (nSPS) is 25.6. The molecule has 0 radical (unpaired) electrons. The Morgan fingerprint density at radius 2 is 2.26 bits per heavy atom. The fraction of sp³-hybridized carbons (Fsp3) is 0.462. The number of carbonyl (C=O) groups excluding carboxylic acids is 1. The number of fused-ring (bicyclic) bond motifs is 1. The van der Waals surface area contributed by atoms with E-state index < -0.39 is 17.8 Å². The van der Waals surface area contributed by atoms with Gasteiger partial charge < -0.3 is 20.4 Å². The first-order chi connectivity index (χ1) is 9.11. The number of halogens is 1. The SMILES string of the molecule is O=C1Nc2cc(N3CCCC3CO)c(F)cc2C1O. The molecule has 0 spiro atoms. The zero-order valence-corrected chi connectivity index (χ0v) is 10.3. The van der Waals surface area contributed by atoms with Gasteiger partial charge in [0.2, 0.25) is 0 Å². The number of aliphatic hydroxyl groups is 2. The van der Waals surface area contributed by atoms with Crippen LogP contribution in [-0.4, -0.2) is 35.3 Å². The molecule has 0 aromatic heterocycles. The zero-order valence-electron chi connectivity index (χ0n) is 10.3. The predicted octanol–water partition coefficient (Wildman–Crippen LogP) is 0.772. The van der Waals surface area contributed by atoms with Crippen molar-refractivity contribution in [2.45, 2.75) is 25.0 Å². The third kappa shape index (κ3) is 1.87. The molecule has 102 valence electrons. The molecule has 6 heteroatoms. The highest BCUT2D eigenvalue weighted by atomic mass is 19.1. The molecule has 5 nitrogen and oxygen atoms in total. The van der Waals surface area contributed by atoms with Crippen molar-refractivity contribution in [3.63, 3.8) is 0 Å². The molecule has 2 aliphatic rings. The Labute approximate surface area is 109 Å². The molecule has 0 saturated carbocycles. The van der Waals surface area contributed by atoms with E-state index in [9.17, 15) is 19.4 Å². The van der Waals surface area contributed by atoms with Crippen LogP contribution in [0.15, 0.2) is 12.1 Å². The van der Waals surface area contributed by atoms with Crippen LogP contribution in [0.3, 0.4) is 0 Å². The average Bonchev–Trinajstić information content (AvgIpc) is 2.96. The average molecular weight is 266 g/mol. The van der Waals surface area contributed by atoms with Gasteiger partial charge in [-0.1, -0.05) is 0 Å². The standard InChI is InChI=1S/C13H15FN2O3/c14-9-4-8-10(15-13(19)12(8)18)5-11(9)16-3-1-2-7(16)6-17/h4-5,7,12,17-18H,1-3,6H2,(H,15,19). The van der Waals surface area contributed by atoms with Gasteiger partial charge in [-0.15, -0.1) is 0 Å². The summed E-state index contributed by atoms with van der Waals surface area (Å²) in [6.07, 6.45) is 0.421. The van der Waals surface area contributed by atoms with E-state index in [0.29, 0.717) is 17.9 Å². The van der Waals surface area contributed by atoms with Gasteiger partial charge in [0.15, 0.2) is 6.10 Å². The van der Waals surface area contributed by atoms with Crippen LogP contribution >= 0.6 is 0 Å². The molecular weight excluding hydrogens is 251 g/mol. The minimum atomic E-state index is -1.30. The van der Waals surface area contributed by atoms with Gasteiger partial charge in [-0.3, -0.25) is 4.79 Å². The summed E-state index contributed by atoms with van der Waals surface area (Å²) in [4.78, 5) is 13.2. The lowest BCUT2D eigenvalue weighted by Gasteiger charge is -2.26. The van der Waals surface area contributed by atoms with Crippen LogP contribution in [0.2, 0.25) is 0 Å². The first kappa shape index (κ1) is 12.4. The number of nitrogens with one attached hydrogen (secondary N) is 1. The Balaban J connectivity index is 2.00. The monoisotopic (exact) mass is 266 g/mol. The van der Waals surface area contributed by atoms with E-state index in [1.54, 1.807) is 0 Å². The number of carbonyl (C=O) groups is 1. The number of hydrogen-bond acceptors (Lipinski definition) is 4. The van der Waals surface area contributed by atoms with Crippen LogP contribution in [0, 0.1) is 5.82 Å². The van der Waals surface area contributed by atoms with Gasteiger partial charge in [0.1, 0.15) is 5.82 Å². The first-order valence-electron chi connectivity index (χ1n) is 6.31. The molecule has 2 atom stereocenters. The molecule has 19 heavy (non-hydrogen) atoms. The molecule has 1 aromatic carbocycles. The highest BCUT2D eigenvalue weighted by Gasteiger charge is 2.32. The van der Waals surface area contributed by atoms with Gasteiger partial charge >= 0.3 is 0 Å². The van der Waals surface area contributed by atoms with Crippen LogP contribution in [0.1, 0.15) is 24.5 Å². The summed E-state index contributed by atoms with van der Waals surface area (Å²) in [5.74, 6) is -1.01. The maximum Gasteiger partial charge on any atom is 0.257 e. The number of hydrogen-bond donors (Lipinski definition) is 3. The highest BCUT2D eigenvalue weighted by molar-refractivity contribution is 6.02. The van der Waals surface area contributed by atoms with Gasteiger partial charge in [-0.05, 0) is 25.0 Å². The number of nitrogens with zero attached hydrogens (tertiary/aromatic N) is 1. The Morgan fingerprint density at radius 3 is 3.00 bits per heavy atom. The van der Waals surface area contributed by atoms with Gasteiger partial charge in [-0.25, -0.2) is 4.39 Å². The second kappa shape index (κ2) is 4.47. The first-order valence-corrected chi connectivity index (χ1v) is 6.31. The summed E-state index contributed by atoms with van der Waals surface area (Å²) in [7, 11) is 0. The molecule has 2 heterocycles.